The third-order valence-corrected chi connectivity index (χ3v) is 6.11. The molecule has 2 heterocycles. The molecule has 7 nitrogen and oxygen atoms in total. The highest BCUT2D eigenvalue weighted by molar-refractivity contribution is 5.99. The molecule has 0 spiro atoms. The Labute approximate surface area is 199 Å². The number of Topliss-reactive ketones (excluding diaryl/α,β-unsaturated/α-hetero) is 1. The lowest BCUT2D eigenvalue weighted by atomic mass is 9.96. The number of para-hydroxylation sites is 3. The lowest BCUT2D eigenvalue weighted by Crippen LogP contribution is -2.29. The van der Waals surface area contributed by atoms with Crippen molar-refractivity contribution in [2.45, 2.75) is 12.5 Å². The van der Waals surface area contributed by atoms with E-state index in [1.807, 2.05) is 18.2 Å². The van der Waals surface area contributed by atoms with E-state index in [0.29, 0.717) is 27.6 Å². The summed E-state index contributed by atoms with van der Waals surface area (Å²) >= 11 is 0. The molecule has 7 heteroatoms. The maximum absolute atomic E-state index is 13.4. The number of rotatable bonds is 6. The standard InChI is InChI=1S/C28H22N2O5/c1-30-22-13-7-6-12-19(22)26(32)25(27(30)33)21(29-18-10-3-2-4-11-18)16-23(31)20-15-17-9-5-8-14-24(17)35-28(20)34/h2-15,21,29,32H,16H2,1H3/t21-/m1/s1. The molecule has 35 heavy (non-hydrogen) atoms. The van der Waals surface area contributed by atoms with Crippen LogP contribution >= 0.6 is 0 Å². The van der Waals surface area contributed by atoms with Gasteiger partial charge in [-0.3, -0.25) is 9.59 Å². The molecule has 2 aromatic heterocycles. The number of pyridine rings is 1. The molecule has 2 N–H and O–H groups in total. The Kier molecular flexibility index (Phi) is 5.66. The minimum absolute atomic E-state index is 0.0496. The smallest absolute Gasteiger partial charge is 0.347 e. The van der Waals surface area contributed by atoms with Crippen LogP contribution in [-0.4, -0.2) is 15.5 Å². The Morgan fingerprint density at radius 3 is 2.46 bits per heavy atom. The van der Waals surface area contributed by atoms with Crippen LogP contribution < -0.4 is 16.5 Å². The van der Waals surface area contributed by atoms with Crippen molar-refractivity contribution < 1.29 is 14.3 Å². The number of ketones is 1. The molecule has 0 saturated heterocycles. The maximum Gasteiger partial charge on any atom is 0.347 e. The second-order valence-electron chi connectivity index (χ2n) is 8.32. The predicted molar refractivity (Wildman–Crippen MR) is 135 cm³/mol. The van der Waals surface area contributed by atoms with Gasteiger partial charge in [0.15, 0.2) is 5.78 Å². The first-order valence-electron chi connectivity index (χ1n) is 11.1. The lowest BCUT2D eigenvalue weighted by molar-refractivity contribution is 0.0973. The number of carbonyl (C=O) groups is 1. The first kappa shape index (κ1) is 22.2. The number of fused-ring (bicyclic) bond motifs is 2. The number of aromatic hydroxyl groups is 1. The highest BCUT2D eigenvalue weighted by Gasteiger charge is 2.27. The van der Waals surface area contributed by atoms with E-state index in [4.69, 9.17) is 4.42 Å². The van der Waals surface area contributed by atoms with Crippen molar-refractivity contribution in [3.05, 3.63) is 117 Å². The van der Waals surface area contributed by atoms with Gasteiger partial charge in [-0.1, -0.05) is 48.5 Å². The molecule has 0 aliphatic rings. The van der Waals surface area contributed by atoms with Crippen LogP contribution in [0.1, 0.15) is 28.4 Å². The van der Waals surface area contributed by atoms with Crippen LogP contribution in [-0.2, 0) is 7.05 Å². The molecule has 5 rings (SSSR count). The number of nitrogens with one attached hydrogen (secondary N) is 1. The molecule has 0 unspecified atom stereocenters. The molecule has 5 aromatic rings. The van der Waals surface area contributed by atoms with Crippen molar-refractivity contribution in [2.75, 3.05) is 5.32 Å². The van der Waals surface area contributed by atoms with Gasteiger partial charge in [0, 0.05) is 29.9 Å². The van der Waals surface area contributed by atoms with Gasteiger partial charge >= 0.3 is 5.63 Å². The first-order valence-corrected chi connectivity index (χ1v) is 11.1. The van der Waals surface area contributed by atoms with Gasteiger partial charge in [-0.25, -0.2) is 4.79 Å². The van der Waals surface area contributed by atoms with Gasteiger partial charge in [0.1, 0.15) is 16.9 Å². The molecule has 3 aromatic carbocycles. The summed E-state index contributed by atoms with van der Waals surface area (Å²) in [6, 6.07) is 23.6. The number of hydrogen-bond acceptors (Lipinski definition) is 6. The number of aromatic nitrogens is 1. The number of nitrogens with zero attached hydrogens (tertiary/aromatic N) is 1. The minimum atomic E-state index is -0.904. The fourth-order valence-corrected chi connectivity index (χ4v) is 4.33. The Balaban J connectivity index is 1.63. The lowest BCUT2D eigenvalue weighted by Gasteiger charge is -2.22. The predicted octanol–water partition coefficient (Wildman–Crippen LogP) is 4.78. The molecule has 0 radical (unpaired) electrons. The zero-order chi connectivity index (χ0) is 24.5. The largest absolute Gasteiger partial charge is 0.507 e. The molecular weight excluding hydrogens is 444 g/mol. The zero-order valence-electron chi connectivity index (χ0n) is 18.9. The molecule has 1 atom stereocenters. The molecule has 0 saturated carbocycles. The van der Waals surface area contributed by atoms with Gasteiger partial charge in [0.25, 0.3) is 5.56 Å². The monoisotopic (exact) mass is 466 g/mol. The summed E-state index contributed by atoms with van der Waals surface area (Å²) in [7, 11) is 1.62. The molecule has 0 aliphatic carbocycles. The Bertz CT molecular complexity index is 1690. The molecule has 174 valence electrons. The van der Waals surface area contributed by atoms with Crippen molar-refractivity contribution in [1.82, 2.24) is 4.57 Å². The number of aryl methyl sites for hydroxylation is 1. The zero-order valence-corrected chi connectivity index (χ0v) is 18.9. The maximum atomic E-state index is 13.4. The summed E-state index contributed by atoms with van der Waals surface area (Å²) in [5.41, 5.74) is 0.364. The van der Waals surface area contributed by atoms with Gasteiger partial charge in [0.05, 0.1) is 17.1 Å². The quantitative estimate of drug-likeness (QED) is 0.276. The van der Waals surface area contributed by atoms with Crippen molar-refractivity contribution in [2.24, 2.45) is 7.05 Å². The third-order valence-electron chi connectivity index (χ3n) is 6.11. The minimum Gasteiger partial charge on any atom is -0.507 e. The SMILES string of the molecule is Cn1c(=O)c([C@@H](CC(=O)c2cc3ccccc3oc2=O)Nc2ccccc2)c(O)c2ccccc21. The van der Waals surface area contributed by atoms with Crippen LogP contribution in [0.2, 0.25) is 0 Å². The highest BCUT2D eigenvalue weighted by Crippen LogP contribution is 2.33. The van der Waals surface area contributed by atoms with E-state index in [-0.39, 0.29) is 23.3 Å². The number of benzene rings is 3. The van der Waals surface area contributed by atoms with Gasteiger partial charge in [-0.2, -0.15) is 0 Å². The Hall–Kier alpha value is -4.65. The van der Waals surface area contributed by atoms with Crippen LogP contribution in [0.3, 0.4) is 0 Å². The molecule has 0 fully saturated rings. The van der Waals surface area contributed by atoms with Crippen molar-refractivity contribution in [3.63, 3.8) is 0 Å². The van der Waals surface area contributed by atoms with E-state index in [1.165, 1.54) is 10.6 Å². The van der Waals surface area contributed by atoms with E-state index in [9.17, 15) is 19.5 Å². The Morgan fingerprint density at radius 2 is 1.66 bits per heavy atom. The normalized spacial score (nSPS) is 12.0. The summed E-state index contributed by atoms with van der Waals surface area (Å²) in [5, 5.41) is 15.4. The van der Waals surface area contributed by atoms with Crippen molar-refractivity contribution in [1.29, 1.82) is 0 Å². The molecular formula is C28H22N2O5. The second-order valence-corrected chi connectivity index (χ2v) is 8.32. The first-order chi connectivity index (χ1) is 16.9. The average Bonchev–Trinajstić information content (AvgIpc) is 2.87. The third kappa shape index (κ3) is 4.08. The fraction of sp³-hybridized carbons (Fsp3) is 0.107. The second kappa shape index (κ2) is 8.95. The van der Waals surface area contributed by atoms with Crippen LogP contribution in [0, 0.1) is 0 Å². The van der Waals surface area contributed by atoms with Crippen LogP contribution in [0.5, 0.6) is 5.75 Å². The van der Waals surface area contributed by atoms with E-state index in [1.54, 1.807) is 67.7 Å². The Morgan fingerprint density at radius 1 is 0.971 bits per heavy atom. The van der Waals surface area contributed by atoms with Crippen LogP contribution in [0.15, 0.2) is 98.9 Å². The summed E-state index contributed by atoms with van der Waals surface area (Å²) in [6.07, 6.45) is -0.251. The summed E-state index contributed by atoms with van der Waals surface area (Å²) in [6.45, 7) is 0. The fourth-order valence-electron chi connectivity index (χ4n) is 4.33. The van der Waals surface area contributed by atoms with E-state index >= 15 is 0 Å². The summed E-state index contributed by atoms with van der Waals surface area (Å²) in [4.78, 5) is 39.3. The highest BCUT2D eigenvalue weighted by atomic mass is 16.4. The van der Waals surface area contributed by atoms with Gasteiger partial charge in [-0.15, -0.1) is 0 Å². The average molecular weight is 466 g/mol. The van der Waals surface area contributed by atoms with E-state index in [0.717, 1.165) is 0 Å². The van der Waals surface area contributed by atoms with Gasteiger partial charge in [0.2, 0.25) is 0 Å². The van der Waals surface area contributed by atoms with Crippen LogP contribution in [0.4, 0.5) is 5.69 Å². The number of anilines is 1. The van der Waals surface area contributed by atoms with Crippen molar-refractivity contribution in [3.8, 4) is 5.75 Å². The van der Waals surface area contributed by atoms with E-state index < -0.39 is 23.0 Å². The van der Waals surface area contributed by atoms with Crippen LogP contribution in [0.25, 0.3) is 21.9 Å². The number of carbonyl (C=O) groups excluding carboxylic acids is 1. The molecule has 0 aliphatic heterocycles. The van der Waals surface area contributed by atoms with Gasteiger partial charge in [-0.05, 0) is 36.4 Å². The number of hydrogen-bond donors (Lipinski definition) is 2. The molecule has 0 amide bonds. The van der Waals surface area contributed by atoms with Crippen molar-refractivity contribution >= 4 is 33.3 Å². The summed E-state index contributed by atoms with van der Waals surface area (Å²) < 4.78 is 6.78. The van der Waals surface area contributed by atoms with E-state index in [2.05, 4.69) is 5.32 Å². The molecule has 0 bridgehead atoms. The summed E-state index contributed by atoms with van der Waals surface area (Å²) in [5.74, 6) is -0.706. The van der Waals surface area contributed by atoms with Gasteiger partial charge < -0.3 is 19.4 Å². The topological polar surface area (TPSA) is 102 Å².